The molecule has 7 nitrogen and oxygen atoms in total. The Morgan fingerprint density at radius 2 is 1.78 bits per heavy atom. The average Bonchev–Trinajstić information content (AvgIpc) is 3.28. The van der Waals surface area contributed by atoms with E-state index in [1.165, 1.54) is 4.90 Å². The zero-order valence-corrected chi connectivity index (χ0v) is 22.4. The molecule has 2 saturated heterocycles. The maximum absolute atomic E-state index is 13.1. The Balaban J connectivity index is 1.36. The molecule has 2 aromatic rings. The maximum Gasteiger partial charge on any atom is 0.410 e. The van der Waals surface area contributed by atoms with E-state index in [1.807, 2.05) is 45.0 Å². The molecule has 9 heteroatoms. The molecule has 0 aromatic heterocycles. The van der Waals surface area contributed by atoms with E-state index in [1.54, 1.807) is 18.2 Å². The van der Waals surface area contributed by atoms with Crippen LogP contribution in [0.2, 0.25) is 10.0 Å². The van der Waals surface area contributed by atoms with Crippen LogP contribution in [0.15, 0.2) is 42.5 Å². The molecule has 36 heavy (non-hydrogen) atoms. The van der Waals surface area contributed by atoms with Gasteiger partial charge in [0.25, 0.3) is 0 Å². The standard InChI is InChI=1S/C27H33Cl2N3O4/c1-27(2,3)36-26(34)32-14-7-6-10-23(32)25(33)30-18-11-12-24(21(29)16-18)35-19-13-15-31(17-19)22-9-5-4-8-20(22)28/h4-5,8-9,11-12,16,19,23H,6-7,10,13-15,17H2,1-3H3,(H,30,33)/t19-,23+/m0/s1. The summed E-state index contributed by atoms with van der Waals surface area (Å²) in [5.74, 6) is 0.310. The molecule has 2 amide bonds. The van der Waals surface area contributed by atoms with Crippen LogP contribution in [0.5, 0.6) is 5.75 Å². The van der Waals surface area contributed by atoms with Crippen LogP contribution in [-0.4, -0.2) is 54.3 Å². The zero-order chi connectivity index (χ0) is 25.9. The van der Waals surface area contributed by atoms with Gasteiger partial charge in [-0.05, 0) is 70.4 Å². The van der Waals surface area contributed by atoms with E-state index < -0.39 is 17.7 Å². The summed E-state index contributed by atoms with van der Waals surface area (Å²) in [6.45, 7) is 7.49. The molecular formula is C27H33Cl2N3O4. The Morgan fingerprint density at radius 1 is 1.00 bits per heavy atom. The smallest absolute Gasteiger partial charge is 0.410 e. The Labute approximate surface area is 222 Å². The van der Waals surface area contributed by atoms with Gasteiger partial charge in [0, 0.05) is 25.2 Å². The largest absolute Gasteiger partial charge is 0.487 e. The van der Waals surface area contributed by atoms with Crippen LogP contribution in [0.4, 0.5) is 16.2 Å². The Hall–Kier alpha value is -2.64. The summed E-state index contributed by atoms with van der Waals surface area (Å²) in [4.78, 5) is 29.4. The molecular weight excluding hydrogens is 501 g/mol. The molecule has 0 unspecified atom stereocenters. The van der Waals surface area contributed by atoms with Crippen molar-refractivity contribution in [3.05, 3.63) is 52.5 Å². The topological polar surface area (TPSA) is 71.1 Å². The molecule has 4 rings (SSSR count). The number of amides is 2. The van der Waals surface area contributed by atoms with Crippen molar-refractivity contribution in [2.24, 2.45) is 0 Å². The van der Waals surface area contributed by atoms with E-state index in [2.05, 4.69) is 10.2 Å². The van der Waals surface area contributed by atoms with Gasteiger partial charge in [0.15, 0.2) is 0 Å². The van der Waals surface area contributed by atoms with Crippen molar-refractivity contribution in [1.82, 2.24) is 4.90 Å². The first-order valence-electron chi connectivity index (χ1n) is 12.4. The van der Waals surface area contributed by atoms with E-state index in [-0.39, 0.29) is 12.0 Å². The third kappa shape index (κ3) is 6.56. The van der Waals surface area contributed by atoms with Gasteiger partial charge in [0.05, 0.1) is 22.3 Å². The summed E-state index contributed by atoms with van der Waals surface area (Å²) in [5, 5.41) is 4.04. The van der Waals surface area contributed by atoms with Gasteiger partial charge in [-0.25, -0.2) is 4.79 Å². The Kier molecular flexibility index (Phi) is 8.20. The number of hydrogen-bond donors (Lipinski definition) is 1. The fraction of sp³-hybridized carbons (Fsp3) is 0.481. The molecule has 1 N–H and O–H groups in total. The molecule has 194 valence electrons. The number of carbonyl (C=O) groups excluding carboxylic acids is 2. The number of rotatable bonds is 5. The summed E-state index contributed by atoms with van der Waals surface area (Å²) in [5.41, 5.74) is 0.927. The summed E-state index contributed by atoms with van der Waals surface area (Å²) < 4.78 is 11.7. The van der Waals surface area contributed by atoms with Crippen LogP contribution >= 0.6 is 23.2 Å². The third-order valence-corrected chi connectivity index (χ3v) is 6.88. The fourth-order valence-corrected chi connectivity index (χ4v) is 5.05. The van der Waals surface area contributed by atoms with Crippen molar-refractivity contribution in [2.75, 3.05) is 29.9 Å². The molecule has 2 aliphatic heterocycles. The van der Waals surface area contributed by atoms with E-state index in [0.29, 0.717) is 36.0 Å². The number of carbonyl (C=O) groups is 2. The van der Waals surface area contributed by atoms with Gasteiger partial charge in [-0.1, -0.05) is 35.3 Å². The second-order valence-electron chi connectivity index (χ2n) is 10.2. The minimum absolute atomic E-state index is 0.0242. The van der Waals surface area contributed by atoms with Gasteiger partial charge in [-0.15, -0.1) is 0 Å². The Bertz CT molecular complexity index is 1100. The van der Waals surface area contributed by atoms with Crippen molar-refractivity contribution in [2.45, 2.75) is 64.2 Å². The minimum Gasteiger partial charge on any atom is -0.487 e. The molecule has 0 aliphatic carbocycles. The van der Waals surface area contributed by atoms with Crippen molar-refractivity contribution in [1.29, 1.82) is 0 Å². The zero-order valence-electron chi connectivity index (χ0n) is 20.9. The lowest BCUT2D eigenvalue weighted by atomic mass is 10.0. The first-order valence-corrected chi connectivity index (χ1v) is 13.1. The van der Waals surface area contributed by atoms with E-state index >= 15 is 0 Å². The number of nitrogens with zero attached hydrogens (tertiary/aromatic N) is 2. The number of halogens is 2. The van der Waals surface area contributed by atoms with Crippen LogP contribution in [0.25, 0.3) is 0 Å². The lowest BCUT2D eigenvalue weighted by molar-refractivity contribution is -0.122. The molecule has 0 spiro atoms. The van der Waals surface area contributed by atoms with E-state index in [0.717, 1.165) is 36.5 Å². The predicted molar refractivity (Wildman–Crippen MR) is 143 cm³/mol. The van der Waals surface area contributed by atoms with Gasteiger partial charge >= 0.3 is 6.09 Å². The second-order valence-corrected chi connectivity index (χ2v) is 11.1. The van der Waals surface area contributed by atoms with Crippen LogP contribution in [0.3, 0.4) is 0 Å². The highest BCUT2D eigenvalue weighted by atomic mass is 35.5. The van der Waals surface area contributed by atoms with Gasteiger partial charge in [0.1, 0.15) is 23.5 Å². The lowest BCUT2D eigenvalue weighted by Crippen LogP contribution is -2.51. The van der Waals surface area contributed by atoms with Gasteiger partial charge in [-0.3, -0.25) is 9.69 Å². The average molecular weight is 534 g/mol. The highest BCUT2D eigenvalue weighted by Gasteiger charge is 2.35. The molecule has 2 aromatic carbocycles. The first kappa shape index (κ1) is 26.4. The number of anilines is 2. The van der Waals surface area contributed by atoms with Gasteiger partial charge < -0.3 is 19.7 Å². The molecule has 0 radical (unpaired) electrons. The fourth-order valence-electron chi connectivity index (χ4n) is 4.57. The molecule has 2 aliphatic rings. The number of nitrogens with one attached hydrogen (secondary N) is 1. The Morgan fingerprint density at radius 3 is 2.50 bits per heavy atom. The summed E-state index contributed by atoms with van der Waals surface area (Å²) in [6.07, 6.45) is 2.66. The van der Waals surface area contributed by atoms with Crippen LogP contribution in [0.1, 0.15) is 46.5 Å². The molecule has 0 bridgehead atoms. The monoisotopic (exact) mass is 533 g/mol. The number of benzene rings is 2. The highest BCUT2D eigenvalue weighted by molar-refractivity contribution is 6.33. The van der Waals surface area contributed by atoms with E-state index in [4.69, 9.17) is 32.7 Å². The van der Waals surface area contributed by atoms with Crippen molar-refractivity contribution in [3.8, 4) is 5.75 Å². The normalized spacial score (nSPS) is 20.2. The van der Waals surface area contributed by atoms with Crippen molar-refractivity contribution >= 4 is 46.6 Å². The van der Waals surface area contributed by atoms with Crippen molar-refractivity contribution < 1.29 is 19.1 Å². The molecule has 2 heterocycles. The lowest BCUT2D eigenvalue weighted by Gasteiger charge is -2.35. The van der Waals surface area contributed by atoms with Crippen molar-refractivity contribution in [3.63, 3.8) is 0 Å². The van der Waals surface area contributed by atoms with Crippen LogP contribution < -0.4 is 15.0 Å². The van der Waals surface area contributed by atoms with E-state index in [9.17, 15) is 9.59 Å². The van der Waals surface area contributed by atoms with Crippen LogP contribution in [0, 0.1) is 0 Å². The SMILES string of the molecule is CC(C)(C)OC(=O)N1CCCC[C@@H]1C(=O)Nc1ccc(O[C@H]2CCN(c3ccccc3Cl)C2)c(Cl)c1. The minimum atomic E-state index is -0.622. The number of likely N-dealkylation sites (tertiary alicyclic amines) is 1. The number of hydrogen-bond acceptors (Lipinski definition) is 5. The second kappa shape index (κ2) is 11.2. The van der Waals surface area contributed by atoms with Gasteiger partial charge in [-0.2, -0.15) is 0 Å². The number of para-hydroxylation sites is 1. The highest BCUT2D eigenvalue weighted by Crippen LogP contribution is 2.33. The first-order chi connectivity index (χ1) is 17.1. The summed E-state index contributed by atoms with van der Waals surface area (Å²) in [6, 6.07) is 12.4. The third-order valence-electron chi connectivity index (χ3n) is 6.26. The summed E-state index contributed by atoms with van der Waals surface area (Å²) >= 11 is 12.9. The molecule has 0 saturated carbocycles. The maximum atomic E-state index is 13.1. The quantitative estimate of drug-likeness (QED) is 0.482. The van der Waals surface area contributed by atoms with Crippen LogP contribution in [-0.2, 0) is 9.53 Å². The molecule has 2 fully saturated rings. The van der Waals surface area contributed by atoms with Gasteiger partial charge in [0.2, 0.25) is 5.91 Å². The number of piperidine rings is 1. The molecule has 2 atom stereocenters. The predicted octanol–water partition coefficient (Wildman–Crippen LogP) is 6.38. The number of ether oxygens (including phenoxy) is 2. The summed E-state index contributed by atoms with van der Waals surface area (Å²) in [7, 11) is 0.